The minimum atomic E-state index is -0.457. The van der Waals surface area contributed by atoms with Gasteiger partial charge in [0.25, 0.3) is 0 Å². The summed E-state index contributed by atoms with van der Waals surface area (Å²) in [7, 11) is 0. The van der Waals surface area contributed by atoms with Crippen molar-refractivity contribution in [3.63, 3.8) is 0 Å². The highest BCUT2D eigenvalue weighted by Crippen LogP contribution is 2.15. The van der Waals surface area contributed by atoms with Gasteiger partial charge in [-0.2, -0.15) is 0 Å². The van der Waals surface area contributed by atoms with Gasteiger partial charge in [-0.1, -0.05) is 12.1 Å². The van der Waals surface area contributed by atoms with Crippen LogP contribution in [-0.4, -0.2) is 21.5 Å². The second-order valence-electron chi connectivity index (χ2n) is 4.99. The number of halogens is 1. The molecule has 0 spiro atoms. The Morgan fingerprint density at radius 1 is 1.00 bits per heavy atom. The molecule has 0 saturated carbocycles. The van der Waals surface area contributed by atoms with Crippen LogP contribution in [-0.2, 0) is 0 Å². The van der Waals surface area contributed by atoms with Crippen LogP contribution >= 0.6 is 0 Å². The molecule has 0 fully saturated rings. The molecule has 22 heavy (non-hydrogen) atoms. The number of ketones is 2. The standard InChI is InChI=1S/C17H13FN2O2/c18-13-3-1-2-11(8-13)16(21)6-7-17(22)12-4-5-14-15(9-12)20-10-19-14/h1-5,8-10H,6-7H2,(H,19,20). The molecule has 4 nitrogen and oxygen atoms in total. The Morgan fingerprint density at radius 2 is 1.73 bits per heavy atom. The number of nitrogens with zero attached hydrogens (tertiary/aromatic N) is 1. The molecule has 0 atom stereocenters. The van der Waals surface area contributed by atoms with Gasteiger partial charge in [-0.15, -0.1) is 0 Å². The molecule has 3 rings (SSSR count). The fraction of sp³-hybridized carbons (Fsp3) is 0.118. The Balaban J connectivity index is 1.67. The number of hydrogen-bond donors (Lipinski definition) is 1. The number of carbonyl (C=O) groups is 2. The maximum Gasteiger partial charge on any atom is 0.163 e. The van der Waals surface area contributed by atoms with Gasteiger partial charge in [0, 0.05) is 24.0 Å². The van der Waals surface area contributed by atoms with E-state index in [1.807, 2.05) is 0 Å². The monoisotopic (exact) mass is 296 g/mol. The third kappa shape index (κ3) is 2.93. The fourth-order valence-corrected chi connectivity index (χ4v) is 2.29. The molecule has 0 saturated heterocycles. The molecule has 2 aromatic carbocycles. The van der Waals surface area contributed by atoms with Crippen LogP contribution in [0.3, 0.4) is 0 Å². The molecule has 1 aromatic heterocycles. The van der Waals surface area contributed by atoms with Crippen molar-refractivity contribution < 1.29 is 14.0 Å². The van der Waals surface area contributed by atoms with Gasteiger partial charge in [-0.25, -0.2) is 9.37 Å². The SMILES string of the molecule is O=C(CCC(=O)c1ccc2nc[nH]c2c1)c1cccc(F)c1. The lowest BCUT2D eigenvalue weighted by Crippen LogP contribution is -2.05. The van der Waals surface area contributed by atoms with E-state index in [0.717, 1.165) is 11.0 Å². The highest BCUT2D eigenvalue weighted by atomic mass is 19.1. The molecule has 0 amide bonds. The number of rotatable bonds is 5. The molecule has 0 aliphatic heterocycles. The van der Waals surface area contributed by atoms with Crippen LogP contribution in [0.2, 0.25) is 0 Å². The highest BCUT2D eigenvalue weighted by Gasteiger charge is 2.12. The molecule has 110 valence electrons. The van der Waals surface area contributed by atoms with Crippen molar-refractivity contribution in [3.8, 4) is 0 Å². The normalized spacial score (nSPS) is 10.8. The van der Waals surface area contributed by atoms with Gasteiger partial charge in [-0.05, 0) is 30.3 Å². The summed E-state index contributed by atoms with van der Waals surface area (Å²) < 4.78 is 13.1. The number of hydrogen-bond acceptors (Lipinski definition) is 3. The average Bonchev–Trinajstić information content (AvgIpc) is 2.99. The minimum Gasteiger partial charge on any atom is -0.345 e. The lowest BCUT2D eigenvalue weighted by atomic mass is 10.0. The summed E-state index contributed by atoms with van der Waals surface area (Å²) in [5, 5.41) is 0. The van der Waals surface area contributed by atoms with Crippen LogP contribution in [0, 0.1) is 5.82 Å². The van der Waals surface area contributed by atoms with E-state index in [0.29, 0.717) is 5.56 Å². The van der Waals surface area contributed by atoms with Crippen molar-refractivity contribution in [2.24, 2.45) is 0 Å². The average molecular weight is 296 g/mol. The minimum absolute atomic E-state index is 0.0588. The third-order valence-corrected chi connectivity index (χ3v) is 3.47. The summed E-state index contributed by atoms with van der Waals surface area (Å²) in [6.07, 6.45) is 1.71. The number of fused-ring (bicyclic) bond motifs is 1. The van der Waals surface area contributed by atoms with Crippen molar-refractivity contribution in [2.75, 3.05) is 0 Å². The summed E-state index contributed by atoms with van der Waals surface area (Å²) in [5.41, 5.74) is 2.38. The molecule has 0 aliphatic carbocycles. The van der Waals surface area contributed by atoms with Crippen LogP contribution < -0.4 is 0 Å². The molecule has 0 aliphatic rings. The lowest BCUT2D eigenvalue weighted by Gasteiger charge is -2.02. The van der Waals surface area contributed by atoms with Crippen LogP contribution in [0.5, 0.6) is 0 Å². The smallest absolute Gasteiger partial charge is 0.163 e. The van der Waals surface area contributed by atoms with E-state index in [4.69, 9.17) is 0 Å². The quantitative estimate of drug-likeness (QED) is 0.732. The fourth-order valence-electron chi connectivity index (χ4n) is 2.29. The first-order chi connectivity index (χ1) is 10.6. The van der Waals surface area contributed by atoms with Gasteiger partial charge in [-0.3, -0.25) is 9.59 Å². The van der Waals surface area contributed by atoms with Gasteiger partial charge in [0.1, 0.15) is 5.82 Å². The van der Waals surface area contributed by atoms with Crippen LogP contribution in [0.1, 0.15) is 33.6 Å². The van der Waals surface area contributed by atoms with E-state index in [1.165, 1.54) is 18.2 Å². The van der Waals surface area contributed by atoms with E-state index in [2.05, 4.69) is 9.97 Å². The predicted octanol–water partition coefficient (Wildman–Crippen LogP) is 3.55. The van der Waals surface area contributed by atoms with E-state index in [9.17, 15) is 14.0 Å². The van der Waals surface area contributed by atoms with Gasteiger partial charge in [0.15, 0.2) is 11.6 Å². The Kier molecular flexibility index (Phi) is 3.78. The van der Waals surface area contributed by atoms with Crippen molar-refractivity contribution in [1.82, 2.24) is 9.97 Å². The van der Waals surface area contributed by atoms with E-state index >= 15 is 0 Å². The largest absolute Gasteiger partial charge is 0.345 e. The highest BCUT2D eigenvalue weighted by molar-refractivity contribution is 6.03. The Morgan fingerprint density at radius 3 is 2.45 bits per heavy atom. The molecule has 0 bridgehead atoms. The van der Waals surface area contributed by atoms with Gasteiger partial charge < -0.3 is 4.98 Å². The van der Waals surface area contributed by atoms with E-state index < -0.39 is 5.82 Å². The number of benzene rings is 2. The first kappa shape index (κ1) is 14.1. The second-order valence-corrected chi connectivity index (χ2v) is 4.99. The van der Waals surface area contributed by atoms with Crippen LogP contribution in [0.4, 0.5) is 4.39 Å². The number of H-pyrrole nitrogens is 1. The van der Waals surface area contributed by atoms with Gasteiger partial charge in [0.2, 0.25) is 0 Å². The summed E-state index contributed by atoms with van der Waals surface area (Å²) in [6, 6.07) is 10.7. The van der Waals surface area contributed by atoms with E-state index in [-0.39, 0.29) is 30.0 Å². The first-order valence-electron chi connectivity index (χ1n) is 6.88. The molecular weight excluding hydrogens is 283 g/mol. The Labute approximate surface area is 126 Å². The predicted molar refractivity (Wildman–Crippen MR) is 80.4 cm³/mol. The van der Waals surface area contributed by atoms with Crippen molar-refractivity contribution in [1.29, 1.82) is 0 Å². The maximum absolute atomic E-state index is 13.1. The molecule has 0 unspecified atom stereocenters. The summed E-state index contributed by atoms with van der Waals surface area (Å²) in [4.78, 5) is 31.1. The molecule has 0 radical (unpaired) electrons. The zero-order valence-electron chi connectivity index (χ0n) is 11.7. The maximum atomic E-state index is 13.1. The summed E-state index contributed by atoms with van der Waals surface area (Å²) in [6.45, 7) is 0. The third-order valence-electron chi connectivity index (χ3n) is 3.47. The number of Topliss-reactive ketones (excluding diaryl/α,β-unsaturated/α-hetero) is 2. The number of aromatic nitrogens is 2. The summed E-state index contributed by atoms with van der Waals surface area (Å²) in [5.74, 6) is -0.821. The number of imidazole rings is 1. The number of carbonyl (C=O) groups excluding carboxylic acids is 2. The van der Waals surface area contributed by atoms with Crippen LogP contribution in [0.15, 0.2) is 48.8 Å². The molecule has 1 heterocycles. The lowest BCUT2D eigenvalue weighted by molar-refractivity contribution is 0.0917. The molecule has 3 aromatic rings. The number of nitrogens with one attached hydrogen (secondary N) is 1. The number of aromatic amines is 1. The van der Waals surface area contributed by atoms with Gasteiger partial charge >= 0.3 is 0 Å². The van der Waals surface area contributed by atoms with Crippen LogP contribution in [0.25, 0.3) is 11.0 Å². The zero-order chi connectivity index (χ0) is 15.5. The Hall–Kier alpha value is -2.82. The van der Waals surface area contributed by atoms with Crippen molar-refractivity contribution >= 4 is 22.6 Å². The topological polar surface area (TPSA) is 62.8 Å². The van der Waals surface area contributed by atoms with Gasteiger partial charge in [0.05, 0.1) is 17.4 Å². The second kappa shape index (κ2) is 5.89. The molecule has 5 heteroatoms. The van der Waals surface area contributed by atoms with Crippen molar-refractivity contribution in [2.45, 2.75) is 12.8 Å². The molecular formula is C17H13FN2O2. The van der Waals surface area contributed by atoms with E-state index in [1.54, 1.807) is 30.6 Å². The Bertz CT molecular complexity index is 854. The summed E-state index contributed by atoms with van der Waals surface area (Å²) >= 11 is 0. The first-order valence-corrected chi connectivity index (χ1v) is 6.88. The zero-order valence-corrected chi connectivity index (χ0v) is 11.7. The van der Waals surface area contributed by atoms with Crippen molar-refractivity contribution in [3.05, 3.63) is 65.7 Å². The molecule has 1 N–H and O–H groups in total.